The molecule has 0 amide bonds. The van der Waals surface area contributed by atoms with Crippen LogP contribution in [-0.2, 0) is 0 Å². The standard InChI is InChI=1S/C14H20O4/c1-9(10(2)15)6-12-13(17-4)7-11(16-3)8-14(12)18-5/h6-8,10,15H,1-5H3/b9-6-. The maximum atomic E-state index is 9.54. The summed E-state index contributed by atoms with van der Waals surface area (Å²) in [6, 6.07) is 3.56. The third-order valence-corrected chi connectivity index (χ3v) is 2.78. The number of benzene rings is 1. The highest BCUT2D eigenvalue weighted by atomic mass is 16.5. The van der Waals surface area contributed by atoms with E-state index in [1.807, 2.05) is 13.0 Å². The Labute approximate surface area is 108 Å². The molecule has 0 saturated carbocycles. The highest BCUT2D eigenvalue weighted by molar-refractivity contribution is 5.68. The van der Waals surface area contributed by atoms with E-state index in [9.17, 15) is 5.11 Å². The van der Waals surface area contributed by atoms with Gasteiger partial charge in [0.15, 0.2) is 0 Å². The van der Waals surface area contributed by atoms with Gasteiger partial charge in [0.25, 0.3) is 0 Å². The van der Waals surface area contributed by atoms with Crippen molar-refractivity contribution in [3.8, 4) is 17.2 Å². The number of methoxy groups -OCH3 is 3. The molecule has 4 nitrogen and oxygen atoms in total. The summed E-state index contributed by atoms with van der Waals surface area (Å²) in [5, 5.41) is 9.54. The van der Waals surface area contributed by atoms with Crippen molar-refractivity contribution in [2.45, 2.75) is 20.0 Å². The molecule has 0 aliphatic carbocycles. The molecule has 0 aliphatic heterocycles. The Balaban J connectivity index is 3.36. The molecule has 0 saturated heterocycles. The Morgan fingerprint density at radius 1 is 1.11 bits per heavy atom. The van der Waals surface area contributed by atoms with E-state index in [4.69, 9.17) is 14.2 Å². The smallest absolute Gasteiger partial charge is 0.133 e. The Hall–Kier alpha value is -1.68. The predicted molar refractivity (Wildman–Crippen MR) is 71.4 cm³/mol. The van der Waals surface area contributed by atoms with Crippen molar-refractivity contribution < 1.29 is 19.3 Å². The van der Waals surface area contributed by atoms with Crippen LogP contribution in [0, 0.1) is 0 Å². The molecule has 1 atom stereocenters. The lowest BCUT2D eigenvalue weighted by atomic mass is 10.1. The average molecular weight is 252 g/mol. The quantitative estimate of drug-likeness (QED) is 0.874. The van der Waals surface area contributed by atoms with Crippen LogP contribution >= 0.6 is 0 Å². The summed E-state index contributed by atoms with van der Waals surface area (Å²) in [5.41, 5.74) is 1.62. The first-order chi connectivity index (χ1) is 8.53. The number of aliphatic hydroxyl groups is 1. The molecule has 0 bridgehead atoms. The minimum Gasteiger partial charge on any atom is -0.496 e. The Morgan fingerprint density at radius 3 is 1.94 bits per heavy atom. The summed E-state index contributed by atoms with van der Waals surface area (Å²) in [5.74, 6) is 1.95. The van der Waals surface area contributed by atoms with E-state index in [0.717, 1.165) is 11.1 Å². The van der Waals surface area contributed by atoms with Gasteiger partial charge in [0, 0.05) is 12.1 Å². The van der Waals surface area contributed by atoms with E-state index in [0.29, 0.717) is 17.2 Å². The molecule has 100 valence electrons. The molecule has 0 heterocycles. The molecule has 0 spiro atoms. The van der Waals surface area contributed by atoms with E-state index in [2.05, 4.69) is 0 Å². The minimum atomic E-state index is -0.512. The first kappa shape index (κ1) is 14.4. The molecule has 1 unspecified atom stereocenters. The van der Waals surface area contributed by atoms with Gasteiger partial charge in [-0.2, -0.15) is 0 Å². The van der Waals surface area contributed by atoms with Crippen LogP contribution in [0.4, 0.5) is 0 Å². The van der Waals surface area contributed by atoms with Crippen molar-refractivity contribution in [2.75, 3.05) is 21.3 Å². The van der Waals surface area contributed by atoms with E-state index < -0.39 is 6.10 Å². The predicted octanol–water partition coefficient (Wildman–Crippen LogP) is 2.50. The lowest BCUT2D eigenvalue weighted by Crippen LogP contribution is -2.02. The monoisotopic (exact) mass is 252 g/mol. The summed E-state index contributed by atoms with van der Waals surface area (Å²) in [7, 11) is 4.76. The highest BCUT2D eigenvalue weighted by Crippen LogP contribution is 2.35. The third-order valence-electron chi connectivity index (χ3n) is 2.78. The molecule has 1 N–H and O–H groups in total. The normalized spacial score (nSPS) is 13.1. The average Bonchev–Trinajstić information content (AvgIpc) is 2.38. The number of rotatable bonds is 5. The van der Waals surface area contributed by atoms with Crippen LogP contribution in [0.25, 0.3) is 6.08 Å². The lowest BCUT2D eigenvalue weighted by Gasteiger charge is -2.14. The van der Waals surface area contributed by atoms with Gasteiger partial charge in [-0.05, 0) is 25.5 Å². The van der Waals surface area contributed by atoms with Gasteiger partial charge >= 0.3 is 0 Å². The fourth-order valence-electron chi connectivity index (χ4n) is 1.52. The van der Waals surface area contributed by atoms with Gasteiger partial charge in [0.2, 0.25) is 0 Å². The van der Waals surface area contributed by atoms with Gasteiger partial charge in [-0.3, -0.25) is 0 Å². The van der Waals surface area contributed by atoms with Gasteiger partial charge in [0.05, 0.1) is 33.0 Å². The van der Waals surface area contributed by atoms with Crippen molar-refractivity contribution in [2.24, 2.45) is 0 Å². The first-order valence-corrected chi connectivity index (χ1v) is 5.69. The Bertz CT molecular complexity index is 410. The number of hydrogen-bond acceptors (Lipinski definition) is 4. The largest absolute Gasteiger partial charge is 0.496 e. The molecule has 0 fully saturated rings. The summed E-state index contributed by atoms with van der Waals surface area (Å²) >= 11 is 0. The summed E-state index contributed by atoms with van der Waals surface area (Å²) in [4.78, 5) is 0. The third kappa shape index (κ3) is 3.17. The van der Waals surface area contributed by atoms with Crippen molar-refractivity contribution in [1.82, 2.24) is 0 Å². The van der Waals surface area contributed by atoms with Crippen molar-refractivity contribution in [3.05, 3.63) is 23.3 Å². The second-order valence-electron chi connectivity index (χ2n) is 4.01. The topological polar surface area (TPSA) is 47.9 Å². The molecular weight excluding hydrogens is 232 g/mol. The molecule has 0 aromatic heterocycles. The maximum Gasteiger partial charge on any atom is 0.133 e. The number of aliphatic hydroxyl groups excluding tert-OH is 1. The molecule has 1 aromatic rings. The zero-order valence-electron chi connectivity index (χ0n) is 11.5. The molecular formula is C14H20O4. The Morgan fingerprint density at radius 2 is 1.61 bits per heavy atom. The van der Waals surface area contributed by atoms with Crippen LogP contribution in [0.5, 0.6) is 17.2 Å². The molecule has 4 heteroatoms. The van der Waals surface area contributed by atoms with Gasteiger partial charge in [-0.1, -0.05) is 0 Å². The number of ether oxygens (including phenoxy) is 3. The zero-order chi connectivity index (χ0) is 13.7. The van der Waals surface area contributed by atoms with Crippen molar-refractivity contribution >= 4 is 6.08 Å². The van der Waals surface area contributed by atoms with E-state index >= 15 is 0 Å². The SMILES string of the molecule is COc1cc(OC)c(/C=C(/C)C(C)O)c(OC)c1. The van der Waals surface area contributed by atoms with Crippen LogP contribution in [0.15, 0.2) is 17.7 Å². The highest BCUT2D eigenvalue weighted by Gasteiger charge is 2.12. The van der Waals surface area contributed by atoms with Gasteiger partial charge < -0.3 is 19.3 Å². The summed E-state index contributed by atoms with van der Waals surface area (Å²) in [6.45, 7) is 3.57. The minimum absolute atomic E-state index is 0.512. The molecule has 1 rings (SSSR count). The van der Waals surface area contributed by atoms with Crippen LogP contribution in [0.3, 0.4) is 0 Å². The summed E-state index contributed by atoms with van der Waals surface area (Å²) < 4.78 is 15.8. The van der Waals surface area contributed by atoms with E-state index in [1.165, 1.54) is 0 Å². The molecule has 18 heavy (non-hydrogen) atoms. The van der Waals surface area contributed by atoms with Gasteiger partial charge in [-0.25, -0.2) is 0 Å². The maximum absolute atomic E-state index is 9.54. The van der Waals surface area contributed by atoms with Crippen LogP contribution in [0.1, 0.15) is 19.4 Å². The number of hydrogen-bond donors (Lipinski definition) is 1. The molecule has 0 aliphatic rings. The van der Waals surface area contributed by atoms with E-state index in [-0.39, 0.29) is 0 Å². The van der Waals surface area contributed by atoms with Gasteiger partial charge in [0.1, 0.15) is 17.2 Å². The van der Waals surface area contributed by atoms with Crippen LogP contribution in [-0.4, -0.2) is 32.5 Å². The fourth-order valence-corrected chi connectivity index (χ4v) is 1.52. The Kier molecular flexibility index (Phi) is 5.04. The second kappa shape index (κ2) is 6.31. The van der Waals surface area contributed by atoms with Crippen molar-refractivity contribution in [1.29, 1.82) is 0 Å². The zero-order valence-corrected chi connectivity index (χ0v) is 11.5. The van der Waals surface area contributed by atoms with Crippen molar-refractivity contribution in [3.63, 3.8) is 0 Å². The fraction of sp³-hybridized carbons (Fsp3) is 0.429. The first-order valence-electron chi connectivity index (χ1n) is 5.69. The second-order valence-corrected chi connectivity index (χ2v) is 4.01. The van der Waals surface area contributed by atoms with Crippen LogP contribution in [0.2, 0.25) is 0 Å². The van der Waals surface area contributed by atoms with Crippen LogP contribution < -0.4 is 14.2 Å². The lowest BCUT2D eigenvalue weighted by molar-refractivity contribution is 0.232. The molecule has 0 radical (unpaired) electrons. The van der Waals surface area contributed by atoms with E-state index in [1.54, 1.807) is 40.4 Å². The van der Waals surface area contributed by atoms with Gasteiger partial charge in [-0.15, -0.1) is 0 Å². The molecule has 1 aromatic carbocycles. The summed E-state index contributed by atoms with van der Waals surface area (Å²) in [6.07, 6.45) is 1.34.